The molecule has 5 heteroatoms. The van der Waals surface area contributed by atoms with E-state index in [-0.39, 0.29) is 5.91 Å². The van der Waals surface area contributed by atoms with Gasteiger partial charge in [0.25, 0.3) is 0 Å². The Kier molecular flexibility index (Phi) is 6.89. The molecule has 21 heavy (non-hydrogen) atoms. The van der Waals surface area contributed by atoms with Gasteiger partial charge in [-0.05, 0) is 46.3 Å². The molecule has 5 nitrogen and oxygen atoms in total. The predicted octanol–water partition coefficient (Wildman–Crippen LogP) is 1.98. The van der Waals surface area contributed by atoms with Crippen molar-refractivity contribution in [2.45, 2.75) is 53.1 Å². The van der Waals surface area contributed by atoms with Gasteiger partial charge < -0.3 is 10.2 Å². The van der Waals surface area contributed by atoms with Crippen LogP contribution in [0.1, 0.15) is 38.1 Å². The molecule has 1 N–H and O–H groups in total. The van der Waals surface area contributed by atoms with Crippen molar-refractivity contribution in [1.82, 2.24) is 20.0 Å². The SMILES string of the molecule is Cc1cc(C)n(CCCC(=O)NCC(C(C)C)N(C)C)n1. The molecule has 0 aromatic carbocycles. The third kappa shape index (κ3) is 5.87. The van der Waals surface area contributed by atoms with E-state index in [0.717, 1.165) is 24.4 Å². The number of carbonyl (C=O) groups is 1. The summed E-state index contributed by atoms with van der Waals surface area (Å²) < 4.78 is 1.97. The zero-order valence-electron chi connectivity index (χ0n) is 14.3. The maximum atomic E-state index is 11.9. The van der Waals surface area contributed by atoms with Gasteiger partial charge in [0.1, 0.15) is 0 Å². The van der Waals surface area contributed by atoms with E-state index in [1.807, 2.05) is 18.5 Å². The highest BCUT2D eigenvalue weighted by Crippen LogP contribution is 2.07. The summed E-state index contributed by atoms with van der Waals surface area (Å²) in [5, 5.41) is 7.45. The Morgan fingerprint density at radius 3 is 2.52 bits per heavy atom. The van der Waals surface area contributed by atoms with Gasteiger partial charge >= 0.3 is 0 Å². The lowest BCUT2D eigenvalue weighted by atomic mass is 10.0. The minimum absolute atomic E-state index is 0.129. The topological polar surface area (TPSA) is 50.2 Å². The second kappa shape index (κ2) is 8.17. The number of rotatable bonds is 8. The molecule has 0 aliphatic rings. The molecule has 120 valence electrons. The van der Waals surface area contributed by atoms with Crippen LogP contribution in [0.25, 0.3) is 0 Å². The van der Waals surface area contributed by atoms with Crippen molar-refractivity contribution in [2.24, 2.45) is 5.92 Å². The monoisotopic (exact) mass is 294 g/mol. The third-order valence-electron chi connectivity index (χ3n) is 3.82. The number of hydrogen-bond donors (Lipinski definition) is 1. The second-order valence-corrected chi connectivity index (χ2v) is 6.33. The van der Waals surface area contributed by atoms with Gasteiger partial charge in [0, 0.05) is 31.2 Å². The predicted molar refractivity (Wildman–Crippen MR) is 86.3 cm³/mol. The largest absolute Gasteiger partial charge is 0.355 e. The lowest BCUT2D eigenvalue weighted by Crippen LogP contribution is -2.43. The lowest BCUT2D eigenvalue weighted by Gasteiger charge is -2.28. The van der Waals surface area contributed by atoms with Gasteiger partial charge in [-0.15, -0.1) is 0 Å². The normalized spacial score (nSPS) is 13.0. The minimum Gasteiger partial charge on any atom is -0.355 e. The molecule has 0 aliphatic heterocycles. The zero-order chi connectivity index (χ0) is 16.0. The van der Waals surface area contributed by atoms with Crippen molar-refractivity contribution >= 4 is 5.91 Å². The zero-order valence-corrected chi connectivity index (χ0v) is 14.3. The maximum Gasteiger partial charge on any atom is 0.220 e. The van der Waals surface area contributed by atoms with Crippen LogP contribution < -0.4 is 5.32 Å². The molecular weight excluding hydrogens is 264 g/mol. The molecule has 1 rings (SSSR count). The Labute approximate surface area is 128 Å². The first-order valence-electron chi connectivity index (χ1n) is 7.75. The summed E-state index contributed by atoms with van der Waals surface area (Å²) in [4.78, 5) is 14.1. The van der Waals surface area contributed by atoms with Gasteiger partial charge in [0.05, 0.1) is 5.69 Å². The molecule has 0 spiro atoms. The first-order chi connectivity index (χ1) is 9.81. The number of carbonyl (C=O) groups excluding carboxylic acids is 1. The highest BCUT2D eigenvalue weighted by Gasteiger charge is 2.16. The number of nitrogens with zero attached hydrogens (tertiary/aromatic N) is 3. The van der Waals surface area contributed by atoms with Crippen molar-refractivity contribution in [3.05, 3.63) is 17.5 Å². The summed E-state index contributed by atoms with van der Waals surface area (Å²) in [6, 6.07) is 2.44. The maximum absolute atomic E-state index is 11.9. The van der Waals surface area contributed by atoms with Crippen molar-refractivity contribution < 1.29 is 4.79 Å². The molecule has 1 aromatic heterocycles. The Bertz CT molecular complexity index is 443. The fourth-order valence-corrected chi connectivity index (χ4v) is 2.61. The molecular formula is C16H30N4O. The van der Waals surface area contributed by atoms with Crippen LogP contribution in [0.4, 0.5) is 0 Å². The molecule has 1 heterocycles. The van der Waals surface area contributed by atoms with Crippen molar-refractivity contribution in [3.8, 4) is 0 Å². The fraction of sp³-hybridized carbons (Fsp3) is 0.750. The number of aryl methyl sites for hydroxylation is 3. The molecule has 1 atom stereocenters. The van der Waals surface area contributed by atoms with Crippen LogP contribution in [0.5, 0.6) is 0 Å². The van der Waals surface area contributed by atoms with Gasteiger partial charge in [0.2, 0.25) is 5.91 Å². The average Bonchev–Trinajstić information content (AvgIpc) is 2.67. The standard InChI is InChI=1S/C16H30N4O/c1-12(2)15(19(5)6)11-17-16(21)8-7-9-20-14(4)10-13(3)18-20/h10,12,15H,7-9,11H2,1-6H3,(H,17,21). The first kappa shape index (κ1) is 17.7. The summed E-state index contributed by atoms with van der Waals surface area (Å²) in [5.74, 6) is 0.652. The molecule has 1 amide bonds. The molecule has 0 radical (unpaired) electrons. The molecule has 1 aromatic rings. The fourth-order valence-electron chi connectivity index (χ4n) is 2.61. The lowest BCUT2D eigenvalue weighted by molar-refractivity contribution is -0.121. The van der Waals surface area contributed by atoms with Gasteiger partial charge in [-0.2, -0.15) is 5.10 Å². The van der Waals surface area contributed by atoms with E-state index in [4.69, 9.17) is 0 Å². The number of likely N-dealkylation sites (N-methyl/N-ethyl adjacent to an activating group) is 1. The van der Waals surface area contributed by atoms with Crippen LogP contribution in [0.15, 0.2) is 6.07 Å². The number of nitrogens with one attached hydrogen (secondary N) is 1. The quantitative estimate of drug-likeness (QED) is 0.797. The molecule has 0 saturated heterocycles. The Morgan fingerprint density at radius 2 is 2.05 bits per heavy atom. The number of aromatic nitrogens is 2. The van der Waals surface area contributed by atoms with Gasteiger partial charge in [-0.3, -0.25) is 9.48 Å². The van der Waals surface area contributed by atoms with Gasteiger partial charge in [0.15, 0.2) is 0 Å². The number of hydrogen-bond acceptors (Lipinski definition) is 3. The van der Waals surface area contributed by atoms with Crippen molar-refractivity contribution in [2.75, 3.05) is 20.6 Å². The van der Waals surface area contributed by atoms with Gasteiger partial charge in [-0.1, -0.05) is 13.8 Å². The van der Waals surface area contributed by atoms with E-state index in [1.165, 1.54) is 0 Å². The summed E-state index contributed by atoms with van der Waals surface area (Å²) in [6.07, 6.45) is 1.37. The van der Waals surface area contributed by atoms with Crippen LogP contribution in [-0.4, -0.2) is 47.3 Å². The van der Waals surface area contributed by atoms with E-state index in [2.05, 4.69) is 49.3 Å². The van der Waals surface area contributed by atoms with E-state index in [0.29, 0.717) is 24.9 Å². The second-order valence-electron chi connectivity index (χ2n) is 6.33. The molecule has 0 aliphatic carbocycles. The Balaban J connectivity index is 2.29. The highest BCUT2D eigenvalue weighted by atomic mass is 16.1. The first-order valence-corrected chi connectivity index (χ1v) is 7.75. The van der Waals surface area contributed by atoms with Gasteiger partial charge in [-0.25, -0.2) is 0 Å². The Hall–Kier alpha value is -1.36. The van der Waals surface area contributed by atoms with Crippen molar-refractivity contribution in [3.63, 3.8) is 0 Å². The summed E-state index contributed by atoms with van der Waals surface area (Å²) in [7, 11) is 4.11. The van der Waals surface area contributed by atoms with Crippen LogP contribution in [0, 0.1) is 19.8 Å². The summed E-state index contributed by atoms with van der Waals surface area (Å²) in [6.45, 7) is 9.91. The summed E-state index contributed by atoms with van der Waals surface area (Å²) in [5.41, 5.74) is 2.18. The van der Waals surface area contributed by atoms with E-state index >= 15 is 0 Å². The average molecular weight is 294 g/mol. The Morgan fingerprint density at radius 1 is 1.38 bits per heavy atom. The molecule has 1 unspecified atom stereocenters. The molecule has 0 fully saturated rings. The van der Waals surface area contributed by atoms with Crippen LogP contribution in [0.3, 0.4) is 0 Å². The van der Waals surface area contributed by atoms with E-state index < -0.39 is 0 Å². The van der Waals surface area contributed by atoms with Crippen LogP contribution in [-0.2, 0) is 11.3 Å². The molecule has 0 bridgehead atoms. The van der Waals surface area contributed by atoms with E-state index in [1.54, 1.807) is 0 Å². The van der Waals surface area contributed by atoms with Crippen molar-refractivity contribution in [1.29, 1.82) is 0 Å². The minimum atomic E-state index is 0.129. The smallest absolute Gasteiger partial charge is 0.220 e. The molecule has 0 saturated carbocycles. The third-order valence-corrected chi connectivity index (χ3v) is 3.82. The van der Waals surface area contributed by atoms with E-state index in [9.17, 15) is 4.79 Å². The summed E-state index contributed by atoms with van der Waals surface area (Å²) >= 11 is 0. The highest BCUT2D eigenvalue weighted by molar-refractivity contribution is 5.75. The van der Waals surface area contributed by atoms with Crippen LogP contribution in [0.2, 0.25) is 0 Å². The number of amides is 1. The van der Waals surface area contributed by atoms with Crippen LogP contribution >= 0.6 is 0 Å².